The fourth-order valence-corrected chi connectivity index (χ4v) is 1.71. The smallest absolute Gasteiger partial charge is 0.221 e. The maximum Gasteiger partial charge on any atom is 0.221 e. The second kappa shape index (κ2) is 6.55. The van der Waals surface area contributed by atoms with Gasteiger partial charge < -0.3 is 10.6 Å². The normalized spacial score (nSPS) is 11.3. The predicted octanol–water partition coefficient (Wildman–Crippen LogP) is 2.39. The number of carbonyl (C=O) groups is 1. The average Bonchev–Trinajstić information content (AvgIpc) is 2.24. The van der Waals surface area contributed by atoms with Gasteiger partial charge in [-0.05, 0) is 38.8 Å². The van der Waals surface area contributed by atoms with Crippen LogP contribution < -0.4 is 10.6 Å². The molecule has 0 unspecified atom stereocenters. The second-order valence-electron chi connectivity index (χ2n) is 5.65. The Labute approximate surface area is 110 Å². The molecule has 2 N–H and O–H groups in total. The van der Waals surface area contributed by atoms with Gasteiger partial charge in [0, 0.05) is 25.0 Å². The van der Waals surface area contributed by atoms with E-state index in [0.717, 1.165) is 6.54 Å². The van der Waals surface area contributed by atoms with Crippen molar-refractivity contribution >= 4 is 5.91 Å². The fraction of sp³-hybridized carbons (Fsp3) is 0.533. The van der Waals surface area contributed by atoms with Crippen LogP contribution >= 0.6 is 0 Å². The highest BCUT2D eigenvalue weighted by Crippen LogP contribution is 2.06. The average molecular weight is 248 g/mol. The molecule has 0 saturated carbocycles. The fourth-order valence-electron chi connectivity index (χ4n) is 1.71. The Morgan fingerprint density at radius 1 is 1.22 bits per heavy atom. The molecule has 3 nitrogen and oxygen atoms in total. The highest BCUT2D eigenvalue weighted by molar-refractivity contribution is 5.76. The van der Waals surface area contributed by atoms with E-state index in [1.807, 2.05) is 32.9 Å². The van der Waals surface area contributed by atoms with Crippen LogP contribution in [0.1, 0.15) is 38.3 Å². The van der Waals surface area contributed by atoms with Crippen LogP contribution in [0.5, 0.6) is 0 Å². The van der Waals surface area contributed by atoms with Crippen molar-refractivity contribution in [2.75, 3.05) is 6.54 Å². The summed E-state index contributed by atoms with van der Waals surface area (Å²) >= 11 is 0. The number of hydrogen-bond donors (Lipinski definition) is 2. The number of benzene rings is 1. The van der Waals surface area contributed by atoms with Crippen LogP contribution in [0.25, 0.3) is 0 Å². The summed E-state index contributed by atoms with van der Waals surface area (Å²) in [5.74, 6) is 0.0970. The van der Waals surface area contributed by atoms with Crippen molar-refractivity contribution in [1.29, 1.82) is 0 Å². The first-order valence-corrected chi connectivity index (χ1v) is 6.45. The summed E-state index contributed by atoms with van der Waals surface area (Å²) in [6.07, 6.45) is 0.517. The number of carbonyl (C=O) groups excluding carboxylic acids is 1. The van der Waals surface area contributed by atoms with Crippen molar-refractivity contribution in [2.24, 2.45) is 0 Å². The summed E-state index contributed by atoms with van der Waals surface area (Å²) in [6, 6.07) is 8.28. The summed E-state index contributed by atoms with van der Waals surface area (Å²) in [5, 5.41) is 6.25. The minimum atomic E-state index is -0.146. The lowest BCUT2D eigenvalue weighted by molar-refractivity contribution is -0.122. The van der Waals surface area contributed by atoms with Crippen LogP contribution in [0.2, 0.25) is 0 Å². The summed E-state index contributed by atoms with van der Waals surface area (Å²) < 4.78 is 0. The van der Waals surface area contributed by atoms with Crippen LogP contribution in [-0.4, -0.2) is 18.0 Å². The number of aryl methyl sites for hydroxylation is 1. The lowest BCUT2D eigenvalue weighted by Gasteiger charge is -2.20. The van der Waals surface area contributed by atoms with Crippen molar-refractivity contribution in [2.45, 2.75) is 46.2 Å². The third-order valence-corrected chi connectivity index (χ3v) is 2.62. The molecule has 0 saturated heterocycles. The summed E-state index contributed by atoms with van der Waals surface area (Å²) in [7, 11) is 0. The van der Waals surface area contributed by atoms with Crippen molar-refractivity contribution in [3.8, 4) is 0 Å². The lowest BCUT2D eigenvalue weighted by atomic mass is 10.1. The Morgan fingerprint density at radius 2 is 1.89 bits per heavy atom. The highest BCUT2D eigenvalue weighted by atomic mass is 16.1. The molecular formula is C15H24N2O. The van der Waals surface area contributed by atoms with Crippen molar-refractivity contribution in [3.05, 3.63) is 35.4 Å². The van der Waals surface area contributed by atoms with Crippen LogP contribution in [-0.2, 0) is 11.3 Å². The monoisotopic (exact) mass is 248 g/mol. The van der Waals surface area contributed by atoms with Crippen molar-refractivity contribution < 1.29 is 4.79 Å². The molecule has 0 radical (unpaired) electrons. The third kappa shape index (κ3) is 5.82. The van der Waals surface area contributed by atoms with Crippen LogP contribution in [0, 0.1) is 6.92 Å². The maximum atomic E-state index is 11.6. The molecule has 0 heterocycles. The van der Waals surface area contributed by atoms with E-state index in [4.69, 9.17) is 0 Å². The van der Waals surface area contributed by atoms with Gasteiger partial charge in [0.15, 0.2) is 0 Å². The quantitative estimate of drug-likeness (QED) is 0.786. The molecule has 0 aromatic heterocycles. The van der Waals surface area contributed by atoms with Crippen molar-refractivity contribution in [3.63, 3.8) is 0 Å². The first kappa shape index (κ1) is 14.7. The van der Waals surface area contributed by atoms with E-state index >= 15 is 0 Å². The Morgan fingerprint density at radius 3 is 2.50 bits per heavy atom. The molecule has 0 aliphatic rings. The minimum absolute atomic E-state index is 0.0970. The molecule has 100 valence electrons. The Kier molecular flexibility index (Phi) is 5.35. The van der Waals surface area contributed by atoms with Crippen LogP contribution in [0.3, 0.4) is 0 Å². The zero-order chi connectivity index (χ0) is 13.6. The first-order valence-electron chi connectivity index (χ1n) is 6.45. The van der Waals surface area contributed by atoms with Gasteiger partial charge in [0.25, 0.3) is 0 Å². The van der Waals surface area contributed by atoms with Crippen molar-refractivity contribution in [1.82, 2.24) is 10.6 Å². The van der Waals surface area contributed by atoms with Gasteiger partial charge >= 0.3 is 0 Å². The molecule has 1 aromatic rings. The summed E-state index contributed by atoms with van der Waals surface area (Å²) in [6.45, 7) is 9.60. The topological polar surface area (TPSA) is 41.1 Å². The van der Waals surface area contributed by atoms with E-state index in [2.05, 4.69) is 29.7 Å². The van der Waals surface area contributed by atoms with E-state index in [9.17, 15) is 4.79 Å². The largest absolute Gasteiger partial charge is 0.351 e. The molecule has 0 spiro atoms. The minimum Gasteiger partial charge on any atom is -0.351 e. The summed E-state index contributed by atoms with van der Waals surface area (Å²) in [5.41, 5.74) is 2.42. The molecule has 1 amide bonds. The van der Waals surface area contributed by atoms with Gasteiger partial charge in [-0.2, -0.15) is 0 Å². The SMILES string of the molecule is Cc1ccccc1CNCCC(=O)NC(C)(C)C. The molecule has 3 heteroatoms. The number of rotatable bonds is 5. The number of nitrogens with one attached hydrogen (secondary N) is 2. The van der Waals surface area contributed by atoms with Gasteiger partial charge in [-0.15, -0.1) is 0 Å². The second-order valence-corrected chi connectivity index (χ2v) is 5.65. The molecule has 0 atom stereocenters. The molecule has 0 aliphatic heterocycles. The van der Waals surface area contributed by atoms with E-state index in [-0.39, 0.29) is 11.4 Å². The molecular weight excluding hydrogens is 224 g/mol. The highest BCUT2D eigenvalue weighted by Gasteiger charge is 2.12. The van der Waals surface area contributed by atoms with Crippen LogP contribution in [0.15, 0.2) is 24.3 Å². The van der Waals surface area contributed by atoms with Gasteiger partial charge in [-0.1, -0.05) is 24.3 Å². The van der Waals surface area contributed by atoms with Gasteiger partial charge in [0.2, 0.25) is 5.91 Å². The van der Waals surface area contributed by atoms with E-state index in [0.29, 0.717) is 13.0 Å². The number of hydrogen-bond acceptors (Lipinski definition) is 2. The standard InChI is InChI=1S/C15H24N2O/c1-12-7-5-6-8-13(12)11-16-10-9-14(18)17-15(2,3)4/h5-8,16H,9-11H2,1-4H3,(H,17,18). The Bertz CT molecular complexity index is 394. The molecule has 0 fully saturated rings. The molecule has 1 aromatic carbocycles. The van der Waals surface area contributed by atoms with E-state index < -0.39 is 0 Å². The third-order valence-electron chi connectivity index (χ3n) is 2.62. The van der Waals surface area contributed by atoms with E-state index in [1.165, 1.54) is 11.1 Å². The van der Waals surface area contributed by atoms with Crippen LogP contribution in [0.4, 0.5) is 0 Å². The summed E-state index contributed by atoms with van der Waals surface area (Å²) in [4.78, 5) is 11.6. The maximum absolute atomic E-state index is 11.6. The predicted molar refractivity (Wildman–Crippen MR) is 75.4 cm³/mol. The van der Waals surface area contributed by atoms with Gasteiger partial charge in [0.05, 0.1) is 0 Å². The molecule has 0 bridgehead atoms. The van der Waals surface area contributed by atoms with Gasteiger partial charge in [-0.25, -0.2) is 0 Å². The molecule has 0 aliphatic carbocycles. The van der Waals surface area contributed by atoms with Gasteiger partial charge in [-0.3, -0.25) is 4.79 Å². The number of amides is 1. The zero-order valence-corrected chi connectivity index (χ0v) is 11.8. The lowest BCUT2D eigenvalue weighted by Crippen LogP contribution is -2.41. The molecule has 18 heavy (non-hydrogen) atoms. The Balaban J connectivity index is 2.23. The van der Waals surface area contributed by atoms with E-state index in [1.54, 1.807) is 0 Å². The van der Waals surface area contributed by atoms with Gasteiger partial charge in [0.1, 0.15) is 0 Å². The Hall–Kier alpha value is -1.35. The molecule has 1 rings (SSSR count). The first-order chi connectivity index (χ1) is 8.38. The zero-order valence-electron chi connectivity index (χ0n) is 11.8.